The Morgan fingerprint density at radius 3 is 1.95 bits per heavy atom. The number of halogens is 1. The fourth-order valence-electron chi connectivity index (χ4n) is 5.66. The number of hydrogen-bond acceptors (Lipinski definition) is 3. The third-order valence-electron chi connectivity index (χ3n) is 7.55. The van der Waals surface area contributed by atoms with E-state index >= 15 is 0 Å². The molecular formula is C36H22BrNO2. The number of benzene rings is 6. The molecule has 4 heteroatoms. The molecule has 6 aromatic carbocycles. The molecule has 2 heterocycles. The van der Waals surface area contributed by atoms with Crippen LogP contribution in [0.5, 0.6) is 0 Å². The third kappa shape index (κ3) is 3.64. The Kier molecular flexibility index (Phi) is 5.29. The second kappa shape index (κ2) is 9.15. The summed E-state index contributed by atoms with van der Waals surface area (Å²) in [5.41, 5.74) is 8.76. The fraction of sp³-hybridized carbons (Fsp3) is 0. The number of para-hydroxylation sites is 3. The largest absolute Gasteiger partial charge is 0.456 e. The molecule has 0 spiro atoms. The number of furan rings is 2. The molecule has 3 nitrogen and oxygen atoms in total. The van der Waals surface area contributed by atoms with E-state index in [9.17, 15) is 0 Å². The van der Waals surface area contributed by atoms with Gasteiger partial charge in [-0.2, -0.15) is 0 Å². The number of nitrogens with zero attached hydrogens (tertiary/aromatic N) is 1. The van der Waals surface area contributed by atoms with Crippen molar-refractivity contribution in [2.45, 2.75) is 0 Å². The van der Waals surface area contributed by atoms with E-state index in [2.05, 4.69) is 118 Å². The Morgan fingerprint density at radius 1 is 0.450 bits per heavy atom. The summed E-state index contributed by atoms with van der Waals surface area (Å²) in [7, 11) is 0. The minimum Gasteiger partial charge on any atom is -0.456 e. The molecule has 0 radical (unpaired) electrons. The maximum absolute atomic E-state index is 6.55. The van der Waals surface area contributed by atoms with Crippen molar-refractivity contribution >= 4 is 76.9 Å². The molecule has 0 amide bonds. The van der Waals surface area contributed by atoms with Gasteiger partial charge in [-0.15, -0.1) is 0 Å². The van der Waals surface area contributed by atoms with Crippen LogP contribution in [0.3, 0.4) is 0 Å². The maximum atomic E-state index is 6.55. The quantitative estimate of drug-likeness (QED) is 0.207. The van der Waals surface area contributed by atoms with Gasteiger partial charge < -0.3 is 13.7 Å². The molecule has 0 atom stereocenters. The van der Waals surface area contributed by atoms with Gasteiger partial charge in [0.05, 0.1) is 15.8 Å². The zero-order valence-electron chi connectivity index (χ0n) is 21.3. The minimum atomic E-state index is 0.834. The van der Waals surface area contributed by atoms with Crippen molar-refractivity contribution in [3.8, 4) is 11.1 Å². The van der Waals surface area contributed by atoms with E-state index in [1.54, 1.807) is 0 Å². The van der Waals surface area contributed by atoms with Crippen LogP contribution in [0.4, 0.5) is 17.1 Å². The van der Waals surface area contributed by atoms with Crippen molar-refractivity contribution in [1.82, 2.24) is 0 Å². The minimum absolute atomic E-state index is 0.834. The lowest BCUT2D eigenvalue weighted by Crippen LogP contribution is -2.10. The molecule has 0 N–H and O–H groups in total. The Hall–Kier alpha value is -4.80. The Balaban J connectivity index is 1.36. The molecule has 40 heavy (non-hydrogen) atoms. The average Bonchev–Trinajstić information content (AvgIpc) is 3.58. The molecule has 190 valence electrons. The summed E-state index contributed by atoms with van der Waals surface area (Å²) in [5, 5.41) is 4.37. The van der Waals surface area contributed by atoms with Crippen LogP contribution < -0.4 is 4.90 Å². The lowest BCUT2D eigenvalue weighted by molar-refractivity contribution is 0.666. The Bertz CT molecular complexity index is 2180. The summed E-state index contributed by atoms with van der Waals surface area (Å²) in [6.07, 6.45) is 0. The Morgan fingerprint density at radius 2 is 1.10 bits per heavy atom. The van der Waals surface area contributed by atoms with Crippen LogP contribution in [0, 0.1) is 0 Å². The lowest BCUT2D eigenvalue weighted by atomic mass is 10.0. The summed E-state index contributed by atoms with van der Waals surface area (Å²) in [5.74, 6) is 0. The highest BCUT2D eigenvalue weighted by molar-refractivity contribution is 9.10. The van der Waals surface area contributed by atoms with Crippen LogP contribution in [-0.4, -0.2) is 0 Å². The van der Waals surface area contributed by atoms with Crippen LogP contribution in [0.15, 0.2) is 147 Å². The van der Waals surface area contributed by atoms with Crippen LogP contribution in [0.1, 0.15) is 0 Å². The molecule has 2 aromatic heterocycles. The van der Waals surface area contributed by atoms with Crippen LogP contribution >= 0.6 is 15.9 Å². The number of fused-ring (bicyclic) bond motifs is 6. The summed E-state index contributed by atoms with van der Waals surface area (Å²) in [6.45, 7) is 0. The summed E-state index contributed by atoms with van der Waals surface area (Å²) in [4.78, 5) is 2.25. The first kappa shape index (κ1) is 23.1. The van der Waals surface area contributed by atoms with Gasteiger partial charge in [-0.25, -0.2) is 0 Å². The second-order valence-corrected chi connectivity index (χ2v) is 10.8. The Labute approximate surface area is 239 Å². The van der Waals surface area contributed by atoms with Gasteiger partial charge >= 0.3 is 0 Å². The van der Waals surface area contributed by atoms with E-state index < -0.39 is 0 Å². The summed E-state index contributed by atoms with van der Waals surface area (Å²) in [6, 6.07) is 46.2. The van der Waals surface area contributed by atoms with Gasteiger partial charge in [-0.1, -0.05) is 84.9 Å². The molecule has 0 saturated heterocycles. The van der Waals surface area contributed by atoms with Crippen LogP contribution in [0.25, 0.3) is 55.0 Å². The zero-order chi connectivity index (χ0) is 26.6. The highest BCUT2D eigenvalue weighted by atomic mass is 79.9. The van der Waals surface area contributed by atoms with Gasteiger partial charge in [0.15, 0.2) is 5.58 Å². The maximum Gasteiger partial charge on any atom is 0.159 e. The van der Waals surface area contributed by atoms with Gasteiger partial charge in [-0.3, -0.25) is 0 Å². The average molecular weight is 580 g/mol. The number of rotatable bonds is 4. The van der Waals surface area contributed by atoms with E-state index in [4.69, 9.17) is 8.83 Å². The molecule has 0 unspecified atom stereocenters. The van der Waals surface area contributed by atoms with Gasteiger partial charge in [0.25, 0.3) is 0 Å². The van der Waals surface area contributed by atoms with Gasteiger partial charge in [0, 0.05) is 33.3 Å². The molecule has 0 saturated carbocycles. The van der Waals surface area contributed by atoms with Gasteiger partial charge in [0.2, 0.25) is 0 Å². The first-order valence-electron chi connectivity index (χ1n) is 13.2. The summed E-state index contributed by atoms with van der Waals surface area (Å²) >= 11 is 3.68. The highest BCUT2D eigenvalue weighted by Crippen LogP contribution is 2.44. The third-order valence-corrected chi connectivity index (χ3v) is 8.17. The van der Waals surface area contributed by atoms with E-state index in [0.717, 1.165) is 65.4 Å². The van der Waals surface area contributed by atoms with E-state index in [1.807, 2.05) is 36.4 Å². The zero-order valence-corrected chi connectivity index (χ0v) is 22.9. The van der Waals surface area contributed by atoms with Crippen LogP contribution in [-0.2, 0) is 0 Å². The first-order chi connectivity index (χ1) is 19.7. The van der Waals surface area contributed by atoms with E-state index in [1.165, 1.54) is 11.1 Å². The van der Waals surface area contributed by atoms with Crippen molar-refractivity contribution in [2.75, 3.05) is 4.90 Å². The molecule has 0 fully saturated rings. The fourth-order valence-corrected chi connectivity index (χ4v) is 6.11. The number of anilines is 3. The molecule has 0 aliphatic heterocycles. The molecular weight excluding hydrogens is 558 g/mol. The van der Waals surface area contributed by atoms with Crippen LogP contribution in [0.2, 0.25) is 0 Å². The molecule has 0 aliphatic rings. The van der Waals surface area contributed by atoms with Crippen molar-refractivity contribution in [2.24, 2.45) is 0 Å². The molecule has 8 aromatic rings. The predicted molar refractivity (Wildman–Crippen MR) is 169 cm³/mol. The van der Waals surface area contributed by atoms with E-state index in [0.29, 0.717) is 0 Å². The topological polar surface area (TPSA) is 29.5 Å². The monoisotopic (exact) mass is 579 g/mol. The standard InChI is InChI=1S/C36H22BrNO2/c37-31-13-6-11-29-30-12-7-14-32(36(30)40-35(29)31)38(25-18-16-24(17-19-25)23-8-2-1-3-9-23)26-20-21-28-27-10-4-5-15-33(27)39-34(28)22-26/h1-22H. The summed E-state index contributed by atoms with van der Waals surface area (Å²) < 4.78 is 13.8. The van der Waals surface area contributed by atoms with Crippen molar-refractivity contribution in [3.05, 3.63) is 138 Å². The molecule has 0 bridgehead atoms. The van der Waals surface area contributed by atoms with E-state index in [-0.39, 0.29) is 0 Å². The SMILES string of the molecule is Brc1cccc2c1oc1c(N(c3ccc(-c4ccccc4)cc3)c3ccc4c(c3)oc3ccccc34)cccc12. The van der Waals surface area contributed by atoms with Gasteiger partial charge in [0.1, 0.15) is 16.7 Å². The predicted octanol–water partition coefficient (Wildman–Crippen LogP) is 11.4. The van der Waals surface area contributed by atoms with Crippen molar-refractivity contribution < 1.29 is 8.83 Å². The molecule has 0 aliphatic carbocycles. The molecule has 8 rings (SSSR count). The van der Waals surface area contributed by atoms with Crippen molar-refractivity contribution in [1.29, 1.82) is 0 Å². The normalized spacial score (nSPS) is 11.6. The van der Waals surface area contributed by atoms with Gasteiger partial charge in [-0.05, 0) is 69.5 Å². The first-order valence-corrected chi connectivity index (χ1v) is 14.0. The lowest BCUT2D eigenvalue weighted by Gasteiger charge is -2.25. The second-order valence-electron chi connectivity index (χ2n) is 9.90. The van der Waals surface area contributed by atoms with Crippen molar-refractivity contribution in [3.63, 3.8) is 0 Å². The smallest absolute Gasteiger partial charge is 0.159 e. The highest BCUT2D eigenvalue weighted by Gasteiger charge is 2.21. The number of hydrogen-bond donors (Lipinski definition) is 0.